The smallest absolute Gasteiger partial charge is 0.191 e. The zero-order chi connectivity index (χ0) is 19.6. The topological polar surface area (TPSA) is 69.4 Å². The van der Waals surface area contributed by atoms with Crippen LogP contribution in [0.5, 0.6) is 5.75 Å². The second-order valence-electron chi connectivity index (χ2n) is 5.75. The van der Waals surface area contributed by atoms with Crippen LogP contribution in [0.2, 0.25) is 5.02 Å². The standard InChI is InChI=1S/C20H22ClFN4O.HI/c1-3-24-20(26-13-16-5-4-14(12-23)10-19(16)22)25-9-8-15-6-7-17(27-2)11-18(15)21;/h4-7,10-11H,3,8-9,13H2,1-2H3,(H2,24,25,26);1H. The normalized spacial score (nSPS) is 10.6. The minimum atomic E-state index is -0.432. The zero-order valence-corrected chi connectivity index (χ0v) is 18.8. The minimum Gasteiger partial charge on any atom is -0.497 e. The molecule has 2 aromatic rings. The third kappa shape index (κ3) is 7.17. The van der Waals surface area contributed by atoms with Crippen LogP contribution in [-0.4, -0.2) is 26.2 Å². The third-order valence-electron chi connectivity index (χ3n) is 3.88. The molecule has 0 saturated carbocycles. The number of hydrogen-bond acceptors (Lipinski definition) is 3. The fourth-order valence-corrected chi connectivity index (χ4v) is 2.69. The molecule has 0 bridgehead atoms. The van der Waals surface area contributed by atoms with E-state index < -0.39 is 5.82 Å². The largest absolute Gasteiger partial charge is 0.497 e. The van der Waals surface area contributed by atoms with Gasteiger partial charge in [-0.05, 0) is 43.2 Å². The fraction of sp³-hybridized carbons (Fsp3) is 0.300. The molecule has 8 heteroatoms. The molecule has 0 aromatic heterocycles. The molecule has 2 rings (SSSR count). The molecule has 0 unspecified atom stereocenters. The number of aliphatic imine (C=N–C) groups is 1. The van der Waals surface area contributed by atoms with Crippen LogP contribution in [0.25, 0.3) is 0 Å². The molecule has 2 N–H and O–H groups in total. The number of nitriles is 1. The second kappa shape index (κ2) is 12.4. The van der Waals surface area contributed by atoms with E-state index in [2.05, 4.69) is 15.6 Å². The van der Waals surface area contributed by atoms with Gasteiger partial charge in [-0.15, -0.1) is 24.0 Å². The number of methoxy groups -OCH3 is 1. The Balaban J connectivity index is 0.00000392. The molecule has 0 aliphatic carbocycles. The van der Waals surface area contributed by atoms with E-state index in [9.17, 15) is 4.39 Å². The molecule has 28 heavy (non-hydrogen) atoms. The molecule has 0 spiro atoms. The fourth-order valence-electron chi connectivity index (χ4n) is 2.42. The highest BCUT2D eigenvalue weighted by Gasteiger charge is 2.06. The van der Waals surface area contributed by atoms with Crippen LogP contribution >= 0.6 is 35.6 Å². The van der Waals surface area contributed by atoms with Gasteiger partial charge in [0.25, 0.3) is 0 Å². The highest BCUT2D eigenvalue weighted by molar-refractivity contribution is 14.0. The SMILES string of the molecule is CCNC(=NCc1ccc(C#N)cc1F)NCCc1ccc(OC)cc1Cl.I. The molecule has 0 radical (unpaired) electrons. The van der Waals surface area contributed by atoms with Crippen molar-refractivity contribution >= 4 is 41.5 Å². The van der Waals surface area contributed by atoms with Gasteiger partial charge in [-0.25, -0.2) is 9.38 Å². The number of benzene rings is 2. The van der Waals surface area contributed by atoms with Gasteiger partial charge < -0.3 is 15.4 Å². The second-order valence-corrected chi connectivity index (χ2v) is 6.15. The molecular formula is C20H23ClFIN4O. The van der Waals surface area contributed by atoms with E-state index in [1.807, 2.05) is 25.1 Å². The van der Waals surface area contributed by atoms with Gasteiger partial charge in [-0.2, -0.15) is 5.26 Å². The minimum absolute atomic E-state index is 0. The third-order valence-corrected chi connectivity index (χ3v) is 4.23. The Hall–Kier alpha value is -2.05. The first-order chi connectivity index (χ1) is 13.1. The highest BCUT2D eigenvalue weighted by Crippen LogP contribution is 2.22. The lowest BCUT2D eigenvalue weighted by atomic mass is 10.1. The molecule has 0 amide bonds. The molecule has 2 aromatic carbocycles. The Morgan fingerprint density at radius 2 is 1.96 bits per heavy atom. The van der Waals surface area contributed by atoms with Gasteiger partial charge in [-0.3, -0.25) is 0 Å². The van der Waals surface area contributed by atoms with Gasteiger partial charge in [0.05, 0.1) is 25.3 Å². The summed E-state index contributed by atoms with van der Waals surface area (Å²) in [6.45, 7) is 3.44. The number of ether oxygens (including phenoxy) is 1. The van der Waals surface area contributed by atoms with Gasteiger partial charge in [0, 0.05) is 23.7 Å². The van der Waals surface area contributed by atoms with Crippen LogP contribution in [0, 0.1) is 17.1 Å². The maximum absolute atomic E-state index is 14.0. The Morgan fingerprint density at radius 1 is 1.21 bits per heavy atom. The summed E-state index contributed by atoms with van der Waals surface area (Å²) in [6, 6.07) is 11.9. The summed E-state index contributed by atoms with van der Waals surface area (Å²) >= 11 is 6.25. The van der Waals surface area contributed by atoms with Gasteiger partial charge in [0.1, 0.15) is 11.6 Å². The Bertz CT molecular complexity index is 855. The van der Waals surface area contributed by atoms with Gasteiger partial charge in [0.15, 0.2) is 5.96 Å². The molecule has 5 nitrogen and oxygen atoms in total. The first kappa shape index (κ1) is 24.0. The summed E-state index contributed by atoms with van der Waals surface area (Å²) in [5.74, 6) is 0.876. The van der Waals surface area contributed by atoms with Crippen molar-refractivity contribution in [2.45, 2.75) is 19.9 Å². The molecular weight excluding hydrogens is 494 g/mol. The molecule has 0 saturated heterocycles. The van der Waals surface area contributed by atoms with Crippen molar-refractivity contribution in [2.75, 3.05) is 20.2 Å². The highest BCUT2D eigenvalue weighted by atomic mass is 127. The van der Waals surface area contributed by atoms with E-state index in [1.165, 1.54) is 6.07 Å². The van der Waals surface area contributed by atoms with Crippen molar-refractivity contribution in [3.63, 3.8) is 0 Å². The monoisotopic (exact) mass is 516 g/mol. The summed E-state index contributed by atoms with van der Waals surface area (Å²) in [5, 5.41) is 15.8. The van der Waals surface area contributed by atoms with Crippen LogP contribution in [-0.2, 0) is 13.0 Å². The van der Waals surface area contributed by atoms with E-state index in [-0.39, 0.29) is 30.5 Å². The maximum atomic E-state index is 14.0. The van der Waals surface area contributed by atoms with E-state index in [4.69, 9.17) is 21.6 Å². The Morgan fingerprint density at radius 3 is 2.57 bits per heavy atom. The lowest BCUT2D eigenvalue weighted by Gasteiger charge is -2.12. The Kier molecular flexibility index (Phi) is 10.6. The number of hydrogen-bond donors (Lipinski definition) is 2. The average Bonchev–Trinajstić information content (AvgIpc) is 2.67. The van der Waals surface area contributed by atoms with E-state index in [1.54, 1.807) is 25.3 Å². The average molecular weight is 517 g/mol. The quantitative estimate of drug-likeness (QED) is 0.328. The number of guanidine groups is 1. The predicted molar refractivity (Wildman–Crippen MR) is 121 cm³/mol. The summed E-state index contributed by atoms with van der Waals surface area (Å²) in [6.07, 6.45) is 0.707. The molecule has 150 valence electrons. The maximum Gasteiger partial charge on any atom is 0.191 e. The van der Waals surface area contributed by atoms with E-state index in [0.29, 0.717) is 41.6 Å². The zero-order valence-electron chi connectivity index (χ0n) is 15.8. The number of halogens is 3. The lowest BCUT2D eigenvalue weighted by molar-refractivity contribution is 0.414. The molecule has 0 aliphatic rings. The van der Waals surface area contributed by atoms with Crippen LogP contribution in [0.3, 0.4) is 0 Å². The number of nitrogens with zero attached hydrogens (tertiary/aromatic N) is 2. The van der Waals surface area contributed by atoms with Crippen molar-refractivity contribution < 1.29 is 9.13 Å². The van der Waals surface area contributed by atoms with Gasteiger partial charge in [-0.1, -0.05) is 23.7 Å². The molecule has 0 fully saturated rings. The molecule has 0 atom stereocenters. The van der Waals surface area contributed by atoms with Crippen LogP contribution in [0.4, 0.5) is 4.39 Å². The first-order valence-corrected chi connectivity index (χ1v) is 8.98. The summed E-state index contributed by atoms with van der Waals surface area (Å²) in [5.41, 5.74) is 1.73. The van der Waals surface area contributed by atoms with Gasteiger partial charge in [0.2, 0.25) is 0 Å². The van der Waals surface area contributed by atoms with Crippen molar-refractivity contribution in [3.8, 4) is 11.8 Å². The summed E-state index contributed by atoms with van der Waals surface area (Å²) < 4.78 is 19.1. The van der Waals surface area contributed by atoms with Crippen LogP contribution < -0.4 is 15.4 Å². The lowest BCUT2D eigenvalue weighted by Crippen LogP contribution is -2.38. The Labute approximate surface area is 187 Å². The van der Waals surface area contributed by atoms with Crippen LogP contribution in [0.15, 0.2) is 41.4 Å². The van der Waals surface area contributed by atoms with Crippen molar-refractivity contribution in [1.29, 1.82) is 5.26 Å². The number of nitrogens with one attached hydrogen (secondary N) is 2. The molecule has 0 heterocycles. The molecule has 0 aliphatic heterocycles. The van der Waals surface area contributed by atoms with Crippen molar-refractivity contribution in [1.82, 2.24) is 10.6 Å². The van der Waals surface area contributed by atoms with Gasteiger partial charge >= 0.3 is 0 Å². The van der Waals surface area contributed by atoms with Crippen molar-refractivity contribution in [3.05, 3.63) is 63.9 Å². The van der Waals surface area contributed by atoms with Crippen LogP contribution in [0.1, 0.15) is 23.6 Å². The number of rotatable bonds is 7. The summed E-state index contributed by atoms with van der Waals surface area (Å²) in [7, 11) is 1.60. The first-order valence-electron chi connectivity index (χ1n) is 8.60. The van der Waals surface area contributed by atoms with E-state index in [0.717, 1.165) is 11.3 Å². The van der Waals surface area contributed by atoms with Crippen molar-refractivity contribution in [2.24, 2.45) is 4.99 Å². The summed E-state index contributed by atoms with van der Waals surface area (Å²) in [4.78, 5) is 4.40. The van der Waals surface area contributed by atoms with E-state index >= 15 is 0 Å². The predicted octanol–water partition coefficient (Wildman–Crippen LogP) is 4.28.